The Labute approximate surface area is 191 Å². The van der Waals surface area contributed by atoms with E-state index in [4.69, 9.17) is 5.73 Å². The molecule has 4 fully saturated rings. The summed E-state index contributed by atoms with van der Waals surface area (Å²) < 4.78 is 0. The van der Waals surface area contributed by atoms with Crippen molar-refractivity contribution in [2.45, 2.75) is 45.1 Å². The highest BCUT2D eigenvalue weighted by Crippen LogP contribution is 2.60. The zero-order valence-electron chi connectivity index (χ0n) is 19.1. The van der Waals surface area contributed by atoms with Crippen LogP contribution in [0.3, 0.4) is 0 Å². The summed E-state index contributed by atoms with van der Waals surface area (Å²) in [5.41, 5.74) is 10.0. The van der Waals surface area contributed by atoms with E-state index in [2.05, 4.69) is 41.5 Å². The lowest BCUT2D eigenvalue weighted by molar-refractivity contribution is -0.111. The van der Waals surface area contributed by atoms with Gasteiger partial charge in [0.2, 0.25) is 5.91 Å². The van der Waals surface area contributed by atoms with Gasteiger partial charge in [-0.25, -0.2) is 0 Å². The summed E-state index contributed by atoms with van der Waals surface area (Å²) in [4.78, 5) is 14.7. The predicted molar refractivity (Wildman–Crippen MR) is 132 cm³/mol. The second kappa shape index (κ2) is 8.74. The third-order valence-electron chi connectivity index (χ3n) is 7.85. The topological polar surface area (TPSA) is 58.4 Å². The molecular weight excluding hydrogens is 394 g/mol. The van der Waals surface area contributed by atoms with Gasteiger partial charge in [-0.3, -0.25) is 4.79 Å². The fraction of sp³-hybridized carbons (Fsp3) is 0.464. The van der Waals surface area contributed by atoms with Crippen LogP contribution < -0.4 is 11.1 Å². The molecule has 4 aliphatic carbocycles. The minimum Gasteiger partial charge on any atom is -0.397 e. The van der Waals surface area contributed by atoms with Crippen LogP contribution in [-0.4, -0.2) is 24.4 Å². The van der Waals surface area contributed by atoms with Gasteiger partial charge in [0.1, 0.15) is 0 Å². The summed E-state index contributed by atoms with van der Waals surface area (Å²) in [5, 5.41) is 2.82. The number of rotatable bonds is 7. The number of nitrogens with zero attached hydrogens (tertiary/aromatic N) is 1. The quantitative estimate of drug-likeness (QED) is 0.447. The molecule has 4 nitrogen and oxygen atoms in total. The Bertz CT molecular complexity index is 959. The van der Waals surface area contributed by atoms with Gasteiger partial charge in [0.25, 0.3) is 0 Å². The minimum absolute atomic E-state index is 0.178. The standard InChI is InChI=1S/C28H35N3O/c1-31(19-28-15-22-12-23(16-28)14-24(13-22)17-28)18-21-8-6-20(7-9-21)10-11-27(32)30-26-5-3-2-4-25(26)29/h2-11,22-24H,12-19,29H2,1H3,(H,30,32)/b11-10+. The van der Waals surface area contributed by atoms with Crippen molar-refractivity contribution >= 4 is 23.4 Å². The van der Waals surface area contributed by atoms with Crippen molar-refractivity contribution in [2.75, 3.05) is 24.6 Å². The molecule has 2 aromatic rings. The van der Waals surface area contributed by atoms with E-state index in [1.165, 1.54) is 50.6 Å². The van der Waals surface area contributed by atoms with Crippen LogP contribution in [0.4, 0.5) is 11.4 Å². The van der Waals surface area contributed by atoms with E-state index in [9.17, 15) is 4.79 Å². The van der Waals surface area contributed by atoms with E-state index >= 15 is 0 Å². The van der Waals surface area contributed by atoms with Crippen LogP contribution in [0, 0.1) is 23.2 Å². The third kappa shape index (κ3) is 4.75. The molecule has 0 aliphatic heterocycles. The highest BCUT2D eigenvalue weighted by molar-refractivity contribution is 6.03. The molecule has 0 aromatic heterocycles. The molecule has 2 aromatic carbocycles. The normalized spacial score (nSPS) is 28.5. The first-order chi connectivity index (χ1) is 15.5. The molecule has 0 saturated heterocycles. The van der Waals surface area contributed by atoms with Crippen LogP contribution in [0.2, 0.25) is 0 Å². The van der Waals surface area contributed by atoms with Gasteiger partial charge >= 0.3 is 0 Å². The van der Waals surface area contributed by atoms with Gasteiger partial charge in [0.15, 0.2) is 0 Å². The van der Waals surface area contributed by atoms with Gasteiger partial charge in [-0.1, -0.05) is 36.4 Å². The summed E-state index contributed by atoms with van der Waals surface area (Å²) in [5.74, 6) is 2.85. The minimum atomic E-state index is -0.178. The second-order valence-corrected chi connectivity index (χ2v) is 10.7. The van der Waals surface area contributed by atoms with Crippen LogP contribution in [0.5, 0.6) is 0 Å². The fourth-order valence-electron chi connectivity index (χ4n) is 7.12. The highest BCUT2D eigenvalue weighted by atomic mass is 16.1. The summed E-state index contributed by atoms with van der Waals surface area (Å²) in [7, 11) is 2.28. The maximum atomic E-state index is 12.2. The summed E-state index contributed by atoms with van der Waals surface area (Å²) in [6, 6.07) is 15.8. The van der Waals surface area contributed by atoms with Crippen molar-refractivity contribution in [3.63, 3.8) is 0 Å². The first-order valence-corrected chi connectivity index (χ1v) is 12.1. The van der Waals surface area contributed by atoms with E-state index in [1.54, 1.807) is 18.2 Å². The SMILES string of the molecule is CN(Cc1ccc(/C=C/C(=O)Nc2ccccc2N)cc1)CC12CC3CC(CC(C3)C1)C2. The lowest BCUT2D eigenvalue weighted by atomic mass is 9.49. The number of hydrogen-bond donors (Lipinski definition) is 2. The Morgan fingerprint density at radius 3 is 2.28 bits per heavy atom. The van der Waals surface area contributed by atoms with Gasteiger partial charge in [-0.05, 0) is 98.1 Å². The molecule has 0 spiro atoms. The molecular formula is C28H35N3O. The molecule has 0 heterocycles. The number of para-hydroxylation sites is 2. The van der Waals surface area contributed by atoms with E-state index in [0.717, 1.165) is 29.9 Å². The molecule has 4 bridgehead atoms. The second-order valence-electron chi connectivity index (χ2n) is 10.7. The Morgan fingerprint density at radius 2 is 1.66 bits per heavy atom. The number of anilines is 2. The lowest BCUT2D eigenvalue weighted by Crippen LogP contribution is -2.50. The van der Waals surface area contributed by atoms with Crippen LogP contribution in [0.1, 0.15) is 49.7 Å². The first-order valence-electron chi connectivity index (χ1n) is 12.1. The lowest BCUT2D eigenvalue weighted by Gasteiger charge is -2.57. The molecule has 4 aliphatic rings. The number of nitrogen functional groups attached to an aromatic ring is 1. The maximum absolute atomic E-state index is 12.2. The molecule has 1 amide bonds. The molecule has 0 unspecified atom stereocenters. The Kier molecular flexibility index (Phi) is 5.81. The molecule has 0 radical (unpaired) electrons. The van der Waals surface area contributed by atoms with Crippen molar-refractivity contribution in [1.82, 2.24) is 4.90 Å². The van der Waals surface area contributed by atoms with Gasteiger partial charge in [-0.2, -0.15) is 0 Å². The number of carbonyl (C=O) groups is 1. The first kappa shape index (κ1) is 21.3. The summed E-state index contributed by atoms with van der Waals surface area (Å²) >= 11 is 0. The van der Waals surface area contributed by atoms with Gasteiger partial charge in [0.05, 0.1) is 11.4 Å². The third-order valence-corrected chi connectivity index (χ3v) is 7.85. The smallest absolute Gasteiger partial charge is 0.248 e. The number of amides is 1. The zero-order chi connectivity index (χ0) is 22.1. The van der Waals surface area contributed by atoms with E-state index in [0.29, 0.717) is 16.8 Å². The summed E-state index contributed by atoms with van der Waals surface area (Å²) in [6.45, 7) is 2.22. The van der Waals surface area contributed by atoms with Crippen molar-refractivity contribution in [3.8, 4) is 0 Å². The zero-order valence-corrected chi connectivity index (χ0v) is 19.1. The largest absolute Gasteiger partial charge is 0.397 e. The van der Waals surface area contributed by atoms with Gasteiger partial charge in [0, 0.05) is 19.2 Å². The molecule has 0 atom stereocenters. The average Bonchev–Trinajstić information content (AvgIpc) is 2.73. The van der Waals surface area contributed by atoms with E-state index < -0.39 is 0 Å². The highest BCUT2D eigenvalue weighted by Gasteiger charge is 2.50. The molecule has 168 valence electrons. The van der Waals surface area contributed by atoms with Crippen LogP contribution >= 0.6 is 0 Å². The average molecular weight is 430 g/mol. The van der Waals surface area contributed by atoms with Crippen molar-refractivity contribution in [3.05, 3.63) is 65.7 Å². The number of carbonyl (C=O) groups excluding carboxylic acids is 1. The molecule has 4 saturated carbocycles. The molecule has 4 heteroatoms. The fourth-order valence-corrected chi connectivity index (χ4v) is 7.12. The Morgan fingerprint density at radius 1 is 1.03 bits per heavy atom. The van der Waals surface area contributed by atoms with E-state index in [1.807, 2.05) is 18.2 Å². The maximum Gasteiger partial charge on any atom is 0.248 e. The number of nitrogens with two attached hydrogens (primary N) is 1. The van der Waals surface area contributed by atoms with Gasteiger partial charge < -0.3 is 16.0 Å². The molecule has 3 N–H and O–H groups in total. The number of nitrogens with one attached hydrogen (secondary N) is 1. The monoisotopic (exact) mass is 429 g/mol. The van der Waals surface area contributed by atoms with Crippen molar-refractivity contribution < 1.29 is 4.79 Å². The number of benzene rings is 2. The Hall–Kier alpha value is -2.59. The van der Waals surface area contributed by atoms with Gasteiger partial charge in [-0.15, -0.1) is 0 Å². The van der Waals surface area contributed by atoms with Crippen LogP contribution in [0.25, 0.3) is 6.08 Å². The van der Waals surface area contributed by atoms with Crippen LogP contribution in [-0.2, 0) is 11.3 Å². The molecule has 32 heavy (non-hydrogen) atoms. The van der Waals surface area contributed by atoms with Crippen molar-refractivity contribution in [1.29, 1.82) is 0 Å². The van der Waals surface area contributed by atoms with Crippen LogP contribution in [0.15, 0.2) is 54.6 Å². The van der Waals surface area contributed by atoms with E-state index in [-0.39, 0.29) is 5.91 Å². The van der Waals surface area contributed by atoms with Crippen molar-refractivity contribution in [2.24, 2.45) is 23.2 Å². The summed E-state index contributed by atoms with van der Waals surface area (Å²) in [6.07, 6.45) is 12.3. The molecule has 6 rings (SSSR count). The number of hydrogen-bond acceptors (Lipinski definition) is 3. The predicted octanol–water partition coefficient (Wildman–Crippen LogP) is 5.57. The Balaban J connectivity index is 1.14.